The zero-order valence-electron chi connectivity index (χ0n) is 15.5. The molecule has 2 aromatic carbocycles. The van der Waals surface area contributed by atoms with Gasteiger partial charge in [-0.15, -0.1) is 0 Å². The first-order valence-electron chi connectivity index (χ1n) is 9.50. The molecule has 0 radical (unpaired) electrons. The van der Waals surface area contributed by atoms with Crippen LogP contribution in [0, 0.1) is 0 Å². The fraction of sp³-hybridized carbons (Fsp3) is 0.381. The first-order valence-corrected chi connectivity index (χ1v) is 10.3. The van der Waals surface area contributed by atoms with Crippen LogP contribution in [-0.4, -0.2) is 43.3 Å². The minimum Gasteiger partial charge on any atom is -0.486 e. The fourth-order valence-electron chi connectivity index (χ4n) is 3.41. The summed E-state index contributed by atoms with van der Waals surface area (Å²) in [6.07, 6.45) is 1.48. The van der Waals surface area contributed by atoms with Crippen LogP contribution in [0.1, 0.15) is 18.4 Å². The molecule has 2 aliphatic rings. The Labute approximate surface area is 172 Å². The number of carbonyl (C=O) groups is 1. The maximum absolute atomic E-state index is 12.3. The number of likely N-dealkylation sites (tertiary alicyclic amines) is 1. The van der Waals surface area contributed by atoms with Crippen LogP contribution in [0.4, 0.5) is 10.5 Å². The number of hydrogen-bond donors (Lipinski definition) is 1. The highest BCUT2D eigenvalue weighted by Gasteiger charge is 2.25. The molecule has 0 bridgehead atoms. The van der Waals surface area contributed by atoms with Gasteiger partial charge < -0.3 is 24.4 Å². The molecule has 7 heteroatoms. The minimum atomic E-state index is -0.247. The van der Waals surface area contributed by atoms with E-state index in [1.807, 2.05) is 42.5 Å². The molecule has 0 atom stereocenters. The summed E-state index contributed by atoms with van der Waals surface area (Å²) >= 11 is 3.60. The first kappa shape index (κ1) is 18.9. The maximum atomic E-state index is 12.3. The molecule has 2 heterocycles. The zero-order chi connectivity index (χ0) is 19.3. The maximum Gasteiger partial charge on any atom is 0.410 e. The lowest BCUT2D eigenvalue weighted by molar-refractivity contribution is 0.0882. The Kier molecular flexibility index (Phi) is 5.90. The average molecular weight is 447 g/mol. The second kappa shape index (κ2) is 8.73. The summed E-state index contributed by atoms with van der Waals surface area (Å²) < 4.78 is 17.6. The van der Waals surface area contributed by atoms with Crippen molar-refractivity contribution >= 4 is 27.7 Å². The number of fused-ring (bicyclic) bond motifs is 1. The smallest absolute Gasteiger partial charge is 0.410 e. The van der Waals surface area contributed by atoms with Crippen LogP contribution < -0.4 is 14.8 Å². The molecule has 0 spiro atoms. The molecule has 0 saturated carbocycles. The normalized spacial score (nSPS) is 16.5. The molecule has 2 aromatic rings. The third-order valence-corrected chi connectivity index (χ3v) is 5.61. The topological polar surface area (TPSA) is 60.0 Å². The fourth-order valence-corrected chi connectivity index (χ4v) is 3.85. The molecular weight excluding hydrogens is 424 g/mol. The van der Waals surface area contributed by atoms with E-state index in [-0.39, 0.29) is 12.1 Å². The molecule has 0 unspecified atom stereocenters. The molecule has 4 rings (SSSR count). The van der Waals surface area contributed by atoms with Gasteiger partial charge in [0.15, 0.2) is 11.5 Å². The van der Waals surface area contributed by atoms with Crippen LogP contribution >= 0.6 is 15.9 Å². The van der Waals surface area contributed by atoms with Gasteiger partial charge in [-0.05, 0) is 34.3 Å². The Hall–Kier alpha value is -2.41. The van der Waals surface area contributed by atoms with E-state index in [4.69, 9.17) is 14.2 Å². The van der Waals surface area contributed by atoms with Gasteiger partial charge in [0.05, 0.1) is 5.69 Å². The van der Waals surface area contributed by atoms with Crippen LogP contribution in [0.15, 0.2) is 46.9 Å². The van der Waals surface area contributed by atoms with Crippen molar-refractivity contribution in [2.45, 2.75) is 25.5 Å². The summed E-state index contributed by atoms with van der Waals surface area (Å²) in [6, 6.07) is 13.9. The van der Waals surface area contributed by atoms with Crippen molar-refractivity contribution in [1.82, 2.24) is 4.90 Å². The van der Waals surface area contributed by atoms with Crippen LogP contribution in [0.3, 0.4) is 0 Å². The quantitative estimate of drug-likeness (QED) is 0.752. The number of nitrogens with zero attached hydrogens (tertiary/aromatic N) is 1. The van der Waals surface area contributed by atoms with Crippen molar-refractivity contribution in [1.29, 1.82) is 0 Å². The predicted octanol–water partition coefficient (Wildman–Crippen LogP) is 4.43. The number of rotatable bonds is 4. The molecule has 148 valence electrons. The summed E-state index contributed by atoms with van der Waals surface area (Å²) in [7, 11) is 0. The lowest BCUT2D eigenvalue weighted by Crippen LogP contribution is -2.42. The van der Waals surface area contributed by atoms with E-state index >= 15 is 0 Å². The van der Waals surface area contributed by atoms with E-state index in [1.54, 1.807) is 4.90 Å². The van der Waals surface area contributed by atoms with Gasteiger partial charge in [0.25, 0.3) is 0 Å². The van der Waals surface area contributed by atoms with Crippen LogP contribution in [-0.2, 0) is 11.3 Å². The van der Waals surface area contributed by atoms with Gasteiger partial charge in [-0.1, -0.05) is 30.3 Å². The molecule has 28 heavy (non-hydrogen) atoms. The summed E-state index contributed by atoms with van der Waals surface area (Å²) in [5.74, 6) is 1.53. The Balaban J connectivity index is 1.28. The highest BCUT2D eigenvalue weighted by Crippen LogP contribution is 2.38. The summed E-state index contributed by atoms with van der Waals surface area (Å²) in [4.78, 5) is 14.1. The predicted molar refractivity (Wildman–Crippen MR) is 110 cm³/mol. The van der Waals surface area contributed by atoms with Crippen molar-refractivity contribution in [2.24, 2.45) is 0 Å². The van der Waals surface area contributed by atoms with Gasteiger partial charge in [0.2, 0.25) is 0 Å². The molecule has 1 N–H and O–H groups in total. The lowest BCUT2D eigenvalue weighted by atomic mass is 10.0. The zero-order valence-corrected chi connectivity index (χ0v) is 17.1. The van der Waals surface area contributed by atoms with E-state index < -0.39 is 0 Å². The number of ether oxygens (including phenoxy) is 3. The van der Waals surface area contributed by atoms with E-state index in [1.165, 1.54) is 0 Å². The first-order chi connectivity index (χ1) is 13.7. The molecule has 0 aromatic heterocycles. The van der Waals surface area contributed by atoms with E-state index in [9.17, 15) is 4.79 Å². The summed E-state index contributed by atoms with van der Waals surface area (Å²) in [6.45, 7) is 2.80. The third kappa shape index (κ3) is 4.52. The molecule has 6 nitrogen and oxygen atoms in total. The van der Waals surface area contributed by atoms with Gasteiger partial charge in [0.1, 0.15) is 19.8 Å². The van der Waals surface area contributed by atoms with Crippen molar-refractivity contribution in [2.75, 3.05) is 31.6 Å². The Morgan fingerprint density at radius 2 is 1.79 bits per heavy atom. The monoisotopic (exact) mass is 446 g/mol. The van der Waals surface area contributed by atoms with Crippen LogP contribution in [0.5, 0.6) is 11.5 Å². The van der Waals surface area contributed by atoms with Crippen molar-refractivity contribution in [3.8, 4) is 11.5 Å². The highest BCUT2D eigenvalue weighted by molar-refractivity contribution is 9.10. The van der Waals surface area contributed by atoms with Crippen LogP contribution in [0.2, 0.25) is 0 Å². The number of benzene rings is 2. The SMILES string of the molecule is O=C(OCc1ccccc1)N1CCC(Nc2cc3c(cc2Br)OCCO3)CC1. The molecule has 1 fully saturated rings. The third-order valence-electron chi connectivity index (χ3n) is 4.95. The number of carbonyl (C=O) groups excluding carboxylic acids is 1. The van der Waals surface area contributed by atoms with E-state index in [0.717, 1.165) is 40.1 Å². The number of hydrogen-bond acceptors (Lipinski definition) is 5. The number of piperidine rings is 1. The number of halogens is 1. The lowest BCUT2D eigenvalue weighted by Gasteiger charge is -2.32. The second-order valence-electron chi connectivity index (χ2n) is 6.92. The second-order valence-corrected chi connectivity index (χ2v) is 7.78. The molecule has 2 aliphatic heterocycles. The van der Waals surface area contributed by atoms with Crippen molar-refractivity contribution < 1.29 is 19.0 Å². The van der Waals surface area contributed by atoms with Crippen LogP contribution in [0.25, 0.3) is 0 Å². The van der Waals surface area contributed by atoms with Crippen molar-refractivity contribution in [3.63, 3.8) is 0 Å². The number of amides is 1. The Morgan fingerprint density at radius 3 is 2.50 bits per heavy atom. The average Bonchev–Trinajstić information content (AvgIpc) is 2.74. The van der Waals surface area contributed by atoms with Gasteiger partial charge in [-0.2, -0.15) is 0 Å². The van der Waals surface area contributed by atoms with E-state index in [2.05, 4.69) is 21.2 Å². The van der Waals surface area contributed by atoms with Gasteiger partial charge in [-0.25, -0.2) is 4.79 Å². The molecular formula is C21H23BrN2O4. The summed E-state index contributed by atoms with van der Waals surface area (Å²) in [5, 5.41) is 3.56. The van der Waals surface area contributed by atoms with Gasteiger partial charge >= 0.3 is 6.09 Å². The van der Waals surface area contributed by atoms with Gasteiger partial charge in [-0.3, -0.25) is 0 Å². The van der Waals surface area contributed by atoms with Gasteiger partial charge in [0, 0.05) is 35.7 Å². The molecule has 1 saturated heterocycles. The minimum absolute atomic E-state index is 0.247. The number of anilines is 1. The number of nitrogens with one attached hydrogen (secondary N) is 1. The van der Waals surface area contributed by atoms with E-state index in [0.29, 0.717) is 32.9 Å². The summed E-state index contributed by atoms with van der Waals surface area (Å²) in [5.41, 5.74) is 1.98. The Morgan fingerprint density at radius 1 is 1.11 bits per heavy atom. The Bertz CT molecular complexity index is 823. The highest BCUT2D eigenvalue weighted by atomic mass is 79.9. The molecule has 1 amide bonds. The molecule has 0 aliphatic carbocycles. The largest absolute Gasteiger partial charge is 0.486 e. The van der Waals surface area contributed by atoms with Crippen molar-refractivity contribution in [3.05, 3.63) is 52.5 Å². The standard InChI is InChI=1S/C21H23BrN2O4/c22-17-12-19-20(27-11-10-26-19)13-18(17)23-16-6-8-24(9-7-16)21(25)28-14-15-4-2-1-3-5-15/h1-5,12-13,16,23H,6-11,14H2.